The first kappa shape index (κ1) is 6.37. The molecule has 2 aromatic heterocycles. The smallest absolute Gasteiger partial charge is 0.152 e. The molecule has 0 aromatic carbocycles. The molecule has 11 heavy (non-hydrogen) atoms. The number of aromatic nitrogens is 1. The molecule has 0 atom stereocenters. The predicted molar refractivity (Wildman–Crippen MR) is 39.9 cm³/mol. The Balaban J connectivity index is 2.67. The van der Waals surface area contributed by atoms with Gasteiger partial charge in [0.05, 0.1) is 18.6 Å². The maximum Gasteiger partial charge on any atom is 0.152 e. The van der Waals surface area contributed by atoms with Gasteiger partial charge in [0.15, 0.2) is 5.58 Å². The van der Waals surface area contributed by atoms with Crippen LogP contribution in [0.15, 0.2) is 28.9 Å². The molecule has 0 fully saturated rings. The van der Waals surface area contributed by atoms with Gasteiger partial charge in [-0.05, 0) is 12.1 Å². The van der Waals surface area contributed by atoms with Gasteiger partial charge in [-0.3, -0.25) is 0 Å². The van der Waals surface area contributed by atoms with E-state index in [1.165, 1.54) is 0 Å². The number of hydrogen-bond acceptors (Lipinski definition) is 3. The van der Waals surface area contributed by atoms with Crippen LogP contribution in [0.1, 0.15) is 5.69 Å². The summed E-state index contributed by atoms with van der Waals surface area (Å²) < 4.78 is 5.07. The molecule has 0 bridgehead atoms. The molecule has 0 saturated heterocycles. The van der Waals surface area contributed by atoms with Crippen molar-refractivity contribution in [2.45, 2.75) is 6.61 Å². The van der Waals surface area contributed by atoms with Crippen LogP contribution in [-0.4, -0.2) is 10.1 Å². The number of hydrogen-bond donors (Lipinski definition) is 1. The van der Waals surface area contributed by atoms with E-state index in [4.69, 9.17) is 9.52 Å². The zero-order valence-corrected chi connectivity index (χ0v) is 5.82. The molecule has 0 amide bonds. The minimum Gasteiger partial charge on any atom is -0.463 e. The van der Waals surface area contributed by atoms with Crippen LogP contribution in [0, 0.1) is 0 Å². The Kier molecular flexibility index (Phi) is 1.36. The fourth-order valence-electron chi connectivity index (χ4n) is 0.983. The van der Waals surface area contributed by atoms with E-state index in [0.717, 1.165) is 11.1 Å². The average molecular weight is 149 g/mol. The molecule has 0 saturated carbocycles. The first-order chi connectivity index (χ1) is 5.40. The van der Waals surface area contributed by atoms with Crippen LogP contribution in [0.25, 0.3) is 11.1 Å². The third-order valence-corrected chi connectivity index (χ3v) is 1.53. The van der Waals surface area contributed by atoms with E-state index < -0.39 is 0 Å². The number of fused-ring (bicyclic) bond motifs is 1. The van der Waals surface area contributed by atoms with Gasteiger partial charge in [0.2, 0.25) is 0 Å². The molecule has 0 radical (unpaired) electrons. The van der Waals surface area contributed by atoms with Crippen molar-refractivity contribution in [1.82, 2.24) is 4.98 Å². The zero-order chi connectivity index (χ0) is 7.68. The van der Waals surface area contributed by atoms with E-state index in [1.54, 1.807) is 24.5 Å². The Morgan fingerprint density at radius 1 is 1.36 bits per heavy atom. The number of pyridine rings is 1. The molecule has 0 aliphatic rings. The predicted octanol–water partition coefficient (Wildman–Crippen LogP) is 1.32. The maximum absolute atomic E-state index is 8.74. The monoisotopic (exact) mass is 149 g/mol. The lowest BCUT2D eigenvalue weighted by Crippen LogP contribution is -1.86. The lowest BCUT2D eigenvalue weighted by Gasteiger charge is -1.92. The molecular formula is C8H7NO2. The highest BCUT2D eigenvalue weighted by Crippen LogP contribution is 2.12. The minimum atomic E-state index is -0.0267. The van der Waals surface area contributed by atoms with Crippen molar-refractivity contribution in [1.29, 1.82) is 0 Å². The number of aliphatic hydroxyl groups is 1. The van der Waals surface area contributed by atoms with Crippen LogP contribution in [0.3, 0.4) is 0 Å². The quantitative estimate of drug-likeness (QED) is 0.665. The Bertz CT molecular complexity index is 367. The molecule has 2 rings (SSSR count). The van der Waals surface area contributed by atoms with Gasteiger partial charge in [-0.1, -0.05) is 0 Å². The molecule has 0 spiro atoms. The van der Waals surface area contributed by atoms with Crippen molar-refractivity contribution in [2.75, 3.05) is 0 Å². The highest BCUT2D eigenvalue weighted by Gasteiger charge is 1.97. The van der Waals surface area contributed by atoms with E-state index in [9.17, 15) is 0 Å². The van der Waals surface area contributed by atoms with E-state index >= 15 is 0 Å². The van der Waals surface area contributed by atoms with Crippen LogP contribution in [-0.2, 0) is 6.61 Å². The third kappa shape index (κ3) is 0.991. The minimum absolute atomic E-state index is 0.0267. The van der Waals surface area contributed by atoms with Crippen molar-refractivity contribution in [3.8, 4) is 0 Å². The molecule has 1 N–H and O–H groups in total. The van der Waals surface area contributed by atoms with E-state index in [0.29, 0.717) is 5.69 Å². The molecule has 3 nitrogen and oxygen atoms in total. The highest BCUT2D eigenvalue weighted by atomic mass is 16.3. The lowest BCUT2D eigenvalue weighted by atomic mass is 10.3. The Morgan fingerprint density at radius 3 is 3.09 bits per heavy atom. The van der Waals surface area contributed by atoms with E-state index in [2.05, 4.69) is 4.98 Å². The van der Waals surface area contributed by atoms with Gasteiger partial charge in [-0.15, -0.1) is 0 Å². The highest BCUT2D eigenvalue weighted by molar-refractivity contribution is 5.71. The fourth-order valence-corrected chi connectivity index (χ4v) is 0.983. The van der Waals surface area contributed by atoms with Crippen molar-refractivity contribution < 1.29 is 9.52 Å². The summed E-state index contributed by atoms with van der Waals surface area (Å²) in [5.41, 5.74) is 2.21. The van der Waals surface area contributed by atoms with Gasteiger partial charge < -0.3 is 9.52 Å². The Labute approximate surface area is 63.3 Å². The Hall–Kier alpha value is -1.35. The lowest BCUT2D eigenvalue weighted by molar-refractivity contribution is 0.277. The summed E-state index contributed by atoms with van der Waals surface area (Å²) in [5.74, 6) is 0. The molecule has 2 heterocycles. The van der Waals surface area contributed by atoms with Gasteiger partial charge >= 0.3 is 0 Å². The molecule has 56 valence electrons. The third-order valence-electron chi connectivity index (χ3n) is 1.53. The molecule has 0 unspecified atom stereocenters. The average Bonchev–Trinajstić information content (AvgIpc) is 2.50. The summed E-state index contributed by atoms with van der Waals surface area (Å²) in [6, 6.07) is 5.31. The maximum atomic E-state index is 8.74. The van der Waals surface area contributed by atoms with Crippen molar-refractivity contribution in [3.63, 3.8) is 0 Å². The second-order valence-electron chi connectivity index (χ2n) is 2.26. The summed E-state index contributed by atoms with van der Waals surface area (Å²) in [7, 11) is 0. The van der Waals surface area contributed by atoms with Crippen molar-refractivity contribution in [2.24, 2.45) is 0 Å². The molecule has 3 heteroatoms. The second-order valence-corrected chi connectivity index (χ2v) is 2.26. The first-order valence-corrected chi connectivity index (χ1v) is 3.34. The van der Waals surface area contributed by atoms with Crippen LogP contribution in [0.5, 0.6) is 0 Å². The molecule has 0 aliphatic carbocycles. The van der Waals surface area contributed by atoms with E-state index in [1.807, 2.05) is 0 Å². The summed E-state index contributed by atoms with van der Waals surface area (Å²) in [5, 5.41) is 8.74. The number of rotatable bonds is 1. The van der Waals surface area contributed by atoms with Gasteiger partial charge in [-0.25, -0.2) is 4.98 Å². The summed E-state index contributed by atoms with van der Waals surface area (Å²) >= 11 is 0. The molecule has 0 aliphatic heterocycles. The van der Waals surface area contributed by atoms with Crippen molar-refractivity contribution >= 4 is 11.1 Å². The zero-order valence-electron chi connectivity index (χ0n) is 5.82. The largest absolute Gasteiger partial charge is 0.463 e. The van der Waals surface area contributed by atoms with Gasteiger partial charge in [0.1, 0.15) is 5.52 Å². The summed E-state index contributed by atoms with van der Waals surface area (Å²) in [6.45, 7) is -0.0267. The standard InChI is InChI=1S/C8H7NO2/c10-5-6-1-2-8-7(9-6)3-4-11-8/h1-4,10H,5H2. The normalized spacial score (nSPS) is 10.6. The second kappa shape index (κ2) is 2.36. The topological polar surface area (TPSA) is 46.3 Å². The number of aliphatic hydroxyl groups excluding tert-OH is 1. The number of furan rings is 1. The van der Waals surface area contributed by atoms with Gasteiger partial charge in [-0.2, -0.15) is 0 Å². The van der Waals surface area contributed by atoms with Crippen LogP contribution < -0.4 is 0 Å². The van der Waals surface area contributed by atoms with E-state index in [-0.39, 0.29) is 6.61 Å². The Morgan fingerprint density at radius 2 is 2.27 bits per heavy atom. The number of nitrogens with zero attached hydrogens (tertiary/aromatic N) is 1. The summed E-state index contributed by atoms with van der Waals surface area (Å²) in [4.78, 5) is 4.11. The fraction of sp³-hybridized carbons (Fsp3) is 0.125. The van der Waals surface area contributed by atoms with Crippen LogP contribution in [0.4, 0.5) is 0 Å². The van der Waals surface area contributed by atoms with Gasteiger partial charge in [0, 0.05) is 6.07 Å². The summed E-state index contributed by atoms with van der Waals surface area (Å²) in [6.07, 6.45) is 1.58. The first-order valence-electron chi connectivity index (χ1n) is 3.34. The van der Waals surface area contributed by atoms with Crippen molar-refractivity contribution in [3.05, 3.63) is 30.2 Å². The SMILES string of the molecule is OCc1ccc2occc2n1. The van der Waals surface area contributed by atoms with Crippen LogP contribution in [0.2, 0.25) is 0 Å². The molecular weight excluding hydrogens is 142 g/mol. The van der Waals surface area contributed by atoms with Gasteiger partial charge in [0.25, 0.3) is 0 Å². The van der Waals surface area contributed by atoms with Crippen LogP contribution >= 0.6 is 0 Å². The molecule has 2 aromatic rings.